The Labute approximate surface area is 427 Å². The number of rotatable bonds is 7. The minimum absolute atomic E-state index is 0.00665. The van der Waals surface area contributed by atoms with Gasteiger partial charge < -0.3 is 9.47 Å². The van der Waals surface area contributed by atoms with Crippen molar-refractivity contribution in [3.05, 3.63) is 289 Å². The molecule has 14 rings (SSSR count). The first-order chi connectivity index (χ1) is 41.7. The van der Waals surface area contributed by atoms with Crippen LogP contribution >= 0.6 is 0 Å². The summed E-state index contributed by atoms with van der Waals surface area (Å²) in [6, 6.07) is 38.2. The average Bonchev–Trinajstić information content (AvgIpc) is 1.53. The Kier molecular flexibility index (Phi) is 5.69. The molecule has 2 heteroatoms. The first-order valence-electron chi connectivity index (χ1n) is 31.4. The van der Waals surface area contributed by atoms with E-state index in [9.17, 15) is 11.0 Å². The summed E-state index contributed by atoms with van der Waals surface area (Å²) < 4.78 is 165. The number of aromatic nitrogens is 1. The van der Waals surface area contributed by atoms with Crippen molar-refractivity contribution >= 4 is 38.9 Å². The molecule has 2 nitrogen and oxygen atoms in total. The van der Waals surface area contributed by atoms with E-state index in [2.05, 4.69) is 95.6 Å². The average molecular weight is 895 g/mol. The molecule has 0 saturated carbocycles. The van der Waals surface area contributed by atoms with Crippen LogP contribution in [0.4, 0.5) is 17.1 Å². The lowest BCUT2D eigenvalue weighted by atomic mass is 9.70. The molecule has 0 N–H and O–H groups in total. The summed E-state index contributed by atoms with van der Waals surface area (Å²) in [7, 11) is 0. The van der Waals surface area contributed by atoms with E-state index in [4.69, 9.17) is 13.7 Å². The van der Waals surface area contributed by atoms with Gasteiger partial charge in [0, 0.05) is 33.5 Å². The van der Waals surface area contributed by atoms with Gasteiger partial charge in [0.25, 0.3) is 0 Å². The smallest absolute Gasteiger partial charge is 0.0725 e. The van der Waals surface area contributed by atoms with Crippen molar-refractivity contribution in [2.45, 2.75) is 5.41 Å². The second-order valence-corrected chi connectivity index (χ2v) is 17.0. The summed E-state index contributed by atoms with van der Waals surface area (Å²) in [4.78, 5) is 1.06. The molecule has 1 spiro atoms. The summed E-state index contributed by atoms with van der Waals surface area (Å²) in [5, 5.41) is 1.51. The number of nitrogens with zero attached hydrogens (tertiary/aromatic N) is 2. The number of hydrogen-bond donors (Lipinski definition) is 0. The highest BCUT2D eigenvalue weighted by Crippen LogP contribution is 2.63. The summed E-state index contributed by atoms with van der Waals surface area (Å²) in [6.07, 6.45) is 0. The molecular formula is C67H44N2. The highest BCUT2D eigenvalue weighted by Gasteiger charge is 2.51. The molecule has 0 fully saturated rings. The molecule has 11 aromatic carbocycles. The third kappa shape index (κ3) is 5.99. The van der Waals surface area contributed by atoms with Crippen molar-refractivity contribution in [2.75, 3.05) is 4.90 Å². The number of fused-ring (bicyclic) bond motifs is 13. The zero-order valence-electron chi connectivity index (χ0n) is 54.4. The van der Waals surface area contributed by atoms with Gasteiger partial charge in [-0.1, -0.05) is 212 Å². The standard InChI is InChI=1S/C67H44N2/c1-4-16-45(17-5-1)48-28-33-51(34-29-48)68(52-35-30-49(31-36-52)46-18-6-2-7-19-46)54-37-40-59-58-39-32-50(47-20-8-3-9-21-47)42-65(58)69(66(59)44-54)53-38-41-64-60(43-53)57-24-12-15-27-63(57)67(64)61-25-13-10-22-55(61)56-23-11-14-26-62(56)67/h1-44H/i1D,2D,4D,5D,6D,7D,16D,17D,18D,19D,28D,29D,30D,31D,33D,34D,35D,36D. The predicted molar refractivity (Wildman–Crippen MR) is 288 cm³/mol. The van der Waals surface area contributed by atoms with Gasteiger partial charge in [0.2, 0.25) is 0 Å². The zero-order chi connectivity index (χ0) is 61.1. The van der Waals surface area contributed by atoms with Crippen molar-refractivity contribution in [2.24, 2.45) is 0 Å². The van der Waals surface area contributed by atoms with Crippen LogP contribution in [0.5, 0.6) is 0 Å². The molecule has 0 aliphatic heterocycles. The van der Waals surface area contributed by atoms with E-state index < -0.39 is 148 Å². The minimum atomic E-state index is -0.854. The molecule has 0 bridgehead atoms. The Morgan fingerprint density at radius 3 is 1.35 bits per heavy atom. The van der Waals surface area contributed by atoms with E-state index in [0.717, 1.165) is 71.4 Å². The quantitative estimate of drug-likeness (QED) is 0.155. The fraction of sp³-hybridized carbons (Fsp3) is 0.0149. The van der Waals surface area contributed by atoms with Crippen LogP contribution in [0.15, 0.2) is 266 Å². The van der Waals surface area contributed by atoms with Gasteiger partial charge in [0.05, 0.1) is 41.1 Å². The van der Waals surface area contributed by atoms with Crippen molar-refractivity contribution in [1.29, 1.82) is 0 Å². The maximum Gasteiger partial charge on any atom is 0.0725 e. The van der Waals surface area contributed by atoms with Gasteiger partial charge >= 0.3 is 0 Å². The number of anilines is 3. The lowest BCUT2D eigenvalue weighted by Crippen LogP contribution is -2.25. The summed E-state index contributed by atoms with van der Waals surface area (Å²) >= 11 is 0. The van der Waals surface area contributed by atoms with E-state index in [1.54, 1.807) is 18.2 Å². The van der Waals surface area contributed by atoms with E-state index in [1.807, 2.05) is 48.5 Å². The lowest BCUT2D eigenvalue weighted by molar-refractivity contribution is 0.793. The van der Waals surface area contributed by atoms with E-state index in [-0.39, 0.29) is 5.69 Å². The van der Waals surface area contributed by atoms with E-state index in [0.29, 0.717) is 16.6 Å². The third-order valence-corrected chi connectivity index (χ3v) is 13.5. The highest BCUT2D eigenvalue weighted by molar-refractivity contribution is 6.11. The Balaban J connectivity index is 1.07. The third-order valence-electron chi connectivity index (χ3n) is 13.5. The van der Waals surface area contributed by atoms with Gasteiger partial charge in [-0.05, 0) is 132 Å². The zero-order valence-corrected chi connectivity index (χ0v) is 36.4. The van der Waals surface area contributed by atoms with Crippen LogP contribution in [-0.2, 0) is 5.41 Å². The second kappa shape index (κ2) is 15.6. The van der Waals surface area contributed by atoms with Gasteiger partial charge in [-0.3, -0.25) is 0 Å². The molecule has 0 atom stereocenters. The van der Waals surface area contributed by atoms with Crippen LogP contribution in [-0.4, -0.2) is 4.57 Å². The second-order valence-electron chi connectivity index (χ2n) is 17.0. The number of benzene rings is 11. The summed E-state index contributed by atoms with van der Waals surface area (Å²) in [5.41, 5.74) is 8.30. The van der Waals surface area contributed by atoms with Crippen molar-refractivity contribution in [1.82, 2.24) is 4.57 Å². The molecule has 0 unspecified atom stereocenters. The molecule has 2 aliphatic carbocycles. The van der Waals surface area contributed by atoms with Crippen molar-refractivity contribution in [3.63, 3.8) is 0 Å². The highest BCUT2D eigenvalue weighted by atomic mass is 15.1. The first-order valence-corrected chi connectivity index (χ1v) is 22.4. The normalized spacial score (nSPS) is 16.4. The fourth-order valence-corrected chi connectivity index (χ4v) is 10.7. The van der Waals surface area contributed by atoms with Gasteiger partial charge in [0.1, 0.15) is 0 Å². The van der Waals surface area contributed by atoms with Crippen LogP contribution in [0, 0.1) is 0 Å². The van der Waals surface area contributed by atoms with Crippen molar-refractivity contribution < 1.29 is 24.7 Å². The van der Waals surface area contributed by atoms with E-state index >= 15 is 0 Å². The van der Waals surface area contributed by atoms with Crippen LogP contribution < -0.4 is 4.90 Å². The van der Waals surface area contributed by atoms with Gasteiger partial charge in [-0.25, -0.2) is 0 Å². The maximum absolute atomic E-state index is 9.80. The molecule has 322 valence electrons. The molecule has 1 heterocycles. The first kappa shape index (κ1) is 25.2. The molecule has 2 aliphatic rings. The van der Waals surface area contributed by atoms with Gasteiger partial charge in [-0.2, -0.15) is 0 Å². The summed E-state index contributed by atoms with van der Waals surface area (Å²) in [6.45, 7) is 0. The van der Waals surface area contributed by atoms with Crippen LogP contribution in [0.1, 0.15) is 46.9 Å². The number of hydrogen-bond acceptors (Lipinski definition) is 1. The topological polar surface area (TPSA) is 8.17 Å². The fourth-order valence-electron chi connectivity index (χ4n) is 10.7. The Morgan fingerprint density at radius 2 is 0.783 bits per heavy atom. The van der Waals surface area contributed by atoms with E-state index in [1.165, 1.54) is 0 Å². The molecule has 0 saturated heterocycles. The van der Waals surface area contributed by atoms with Gasteiger partial charge in [-0.15, -0.1) is 0 Å². The SMILES string of the molecule is [2H]c1c([2H])c([2H])c(-c2c([2H])c([2H])c(N(c3ccc4c5ccc(-c6ccccc6)cc5n(-c5ccc6c(c5)-c5ccccc5C65c6ccccc6-c6ccccc65)c4c3)c3c([2H])c([2H])c(-c4c([2H])c([2H])c([2H])c([2H])c4[2H])c([2H])c3[2H])c([2H])c2[2H])c([2H])c1[2H]. The van der Waals surface area contributed by atoms with Gasteiger partial charge in [0.15, 0.2) is 0 Å². The largest absolute Gasteiger partial charge is 0.310 e. The van der Waals surface area contributed by atoms with Crippen molar-refractivity contribution in [3.8, 4) is 61.3 Å². The van der Waals surface area contributed by atoms with Crippen LogP contribution in [0.25, 0.3) is 83.1 Å². The summed E-state index contributed by atoms with van der Waals surface area (Å²) in [5.74, 6) is 0. The van der Waals surface area contributed by atoms with Crippen LogP contribution in [0.2, 0.25) is 0 Å². The minimum Gasteiger partial charge on any atom is -0.310 e. The molecular weight excluding hydrogens is 833 g/mol. The Morgan fingerprint density at radius 1 is 0.319 bits per heavy atom. The maximum atomic E-state index is 9.80. The predicted octanol–water partition coefficient (Wildman–Crippen LogP) is 17.6. The molecule has 69 heavy (non-hydrogen) atoms. The Bertz CT molecular complexity index is 4760. The molecule has 1 aromatic heterocycles. The monoisotopic (exact) mass is 894 g/mol. The lowest BCUT2D eigenvalue weighted by Gasteiger charge is -2.30. The molecule has 0 radical (unpaired) electrons. The van der Waals surface area contributed by atoms with Crippen LogP contribution in [0.3, 0.4) is 0 Å². The molecule has 0 amide bonds. The Hall–Kier alpha value is -8.98. The molecule has 12 aromatic rings.